The Labute approximate surface area is 113 Å². The van der Waals surface area contributed by atoms with Crippen molar-refractivity contribution in [1.29, 1.82) is 0 Å². The van der Waals surface area contributed by atoms with E-state index >= 15 is 0 Å². The van der Waals surface area contributed by atoms with E-state index in [4.69, 9.17) is 16.3 Å². The molecule has 1 aliphatic heterocycles. The van der Waals surface area contributed by atoms with Crippen LogP contribution in [0.1, 0.15) is 20.8 Å². The van der Waals surface area contributed by atoms with Crippen LogP contribution in [0.4, 0.5) is 4.79 Å². The minimum absolute atomic E-state index is 0.0770. The van der Waals surface area contributed by atoms with Crippen molar-refractivity contribution in [1.82, 2.24) is 9.80 Å². The fourth-order valence-corrected chi connectivity index (χ4v) is 1.83. The summed E-state index contributed by atoms with van der Waals surface area (Å²) in [5.41, 5.74) is 0. The number of amides is 2. The molecule has 0 spiro atoms. The zero-order valence-electron chi connectivity index (χ0n) is 11.2. The summed E-state index contributed by atoms with van der Waals surface area (Å²) in [6.45, 7) is 8.12. The second kappa shape index (κ2) is 6.83. The van der Waals surface area contributed by atoms with Gasteiger partial charge in [-0.2, -0.15) is 0 Å². The van der Waals surface area contributed by atoms with Crippen molar-refractivity contribution < 1.29 is 14.3 Å². The highest BCUT2D eigenvalue weighted by molar-refractivity contribution is 6.30. The maximum Gasteiger partial charge on any atom is 0.409 e. The Morgan fingerprint density at radius 2 is 1.61 bits per heavy atom. The van der Waals surface area contributed by atoms with E-state index in [1.807, 2.05) is 13.8 Å². The van der Waals surface area contributed by atoms with Gasteiger partial charge in [-0.05, 0) is 12.8 Å². The second-order valence-electron chi connectivity index (χ2n) is 4.90. The summed E-state index contributed by atoms with van der Waals surface area (Å²) >= 11 is 5.75. The quantitative estimate of drug-likeness (QED) is 0.735. The Balaban J connectivity index is 2.35. The van der Waals surface area contributed by atoms with Crippen LogP contribution in [0.15, 0.2) is 0 Å². The number of hydrogen-bond acceptors (Lipinski definition) is 3. The molecule has 0 aliphatic carbocycles. The van der Waals surface area contributed by atoms with Crippen molar-refractivity contribution >= 4 is 23.6 Å². The summed E-state index contributed by atoms with van der Waals surface area (Å²) in [5, 5.41) is -0.510. The SMILES string of the molecule is CC(C)COC(=O)N1CCN(C(=O)C(C)Cl)CC1. The van der Waals surface area contributed by atoms with Crippen LogP contribution < -0.4 is 0 Å². The van der Waals surface area contributed by atoms with Crippen LogP contribution in [0.5, 0.6) is 0 Å². The molecule has 1 saturated heterocycles. The summed E-state index contributed by atoms with van der Waals surface area (Å²) in [6.07, 6.45) is -0.297. The van der Waals surface area contributed by atoms with Gasteiger partial charge in [0.2, 0.25) is 5.91 Å². The first-order valence-corrected chi connectivity index (χ1v) is 6.70. The molecule has 0 radical (unpaired) electrons. The molecule has 1 atom stereocenters. The molecule has 2 amide bonds. The Hall–Kier alpha value is -0.970. The van der Waals surface area contributed by atoms with E-state index in [2.05, 4.69) is 0 Å². The Morgan fingerprint density at radius 3 is 2.06 bits per heavy atom. The monoisotopic (exact) mass is 276 g/mol. The second-order valence-corrected chi connectivity index (χ2v) is 5.55. The predicted octanol–water partition coefficient (Wildman–Crippen LogP) is 1.55. The number of alkyl halides is 1. The number of carbonyl (C=O) groups is 2. The van der Waals surface area contributed by atoms with Gasteiger partial charge in [0.1, 0.15) is 5.38 Å². The largest absolute Gasteiger partial charge is 0.449 e. The highest BCUT2D eigenvalue weighted by Crippen LogP contribution is 2.08. The summed E-state index contributed by atoms with van der Waals surface area (Å²) in [7, 11) is 0. The number of piperazine rings is 1. The zero-order valence-corrected chi connectivity index (χ0v) is 11.9. The van der Waals surface area contributed by atoms with E-state index in [1.165, 1.54) is 0 Å². The molecule has 18 heavy (non-hydrogen) atoms. The molecule has 0 aromatic carbocycles. The fraction of sp³-hybridized carbons (Fsp3) is 0.833. The first kappa shape index (κ1) is 15.1. The number of hydrogen-bond donors (Lipinski definition) is 0. The normalized spacial score (nSPS) is 17.8. The Kier molecular flexibility index (Phi) is 5.72. The van der Waals surface area contributed by atoms with Crippen molar-refractivity contribution in [2.45, 2.75) is 26.1 Å². The van der Waals surface area contributed by atoms with Gasteiger partial charge in [0.15, 0.2) is 0 Å². The van der Waals surface area contributed by atoms with Crippen LogP contribution in [0, 0.1) is 5.92 Å². The van der Waals surface area contributed by atoms with Crippen LogP contribution >= 0.6 is 11.6 Å². The Morgan fingerprint density at radius 1 is 1.11 bits per heavy atom. The average molecular weight is 277 g/mol. The summed E-state index contributed by atoms with van der Waals surface area (Å²) < 4.78 is 5.14. The zero-order chi connectivity index (χ0) is 13.7. The molecule has 6 heteroatoms. The van der Waals surface area contributed by atoms with E-state index in [-0.39, 0.29) is 12.0 Å². The maximum absolute atomic E-state index is 11.7. The third kappa shape index (κ3) is 4.37. The first-order valence-electron chi connectivity index (χ1n) is 6.26. The lowest BCUT2D eigenvalue weighted by atomic mass is 10.2. The molecule has 1 fully saturated rings. The highest BCUT2D eigenvalue weighted by atomic mass is 35.5. The average Bonchev–Trinajstić information content (AvgIpc) is 2.35. The van der Waals surface area contributed by atoms with Crippen LogP contribution in [0.2, 0.25) is 0 Å². The standard InChI is InChI=1S/C12H21ClN2O3/c1-9(2)8-18-12(17)15-6-4-14(5-7-15)11(16)10(3)13/h9-10H,4-8H2,1-3H3. The van der Waals surface area contributed by atoms with Crippen molar-refractivity contribution in [2.75, 3.05) is 32.8 Å². The van der Waals surface area contributed by atoms with Gasteiger partial charge in [-0.25, -0.2) is 4.79 Å². The lowest BCUT2D eigenvalue weighted by molar-refractivity contribution is -0.132. The lowest BCUT2D eigenvalue weighted by Crippen LogP contribution is -2.52. The van der Waals surface area contributed by atoms with Crippen LogP contribution in [0.25, 0.3) is 0 Å². The lowest BCUT2D eigenvalue weighted by Gasteiger charge is -2.34. The maximum atomic E-state index is 11.7. The molecule has 5 nitrogen and oxygen atoms in total. The molecule has 0 aromatic heterocycles. The van der Waals surface area contributed by atoms with Gasteiger partial charge in [-0.3, -0.25) is 4.79 Å². The summed E-state index contributed by atoms with van der Waals surface area (Å²) in [5.74, 6) is 0.251. The topological polar surface area (TPSA) is 49.9 Å². The Bertz CT molecular complexity index is 300. The van der Waals surface area contributed by atoms with Crippen molar-refractivity contribution in [3.05, 3.63) is 0 Å². The molecule has 104 valence electrons. The molecular weight excluding hydrogens is 256 g/mol. The van der Waals surface area contributed by atoms with Crippen molar-refractivity contribution in [3.63, 3.8) is 0 Å². The molecule has 0 saturated carbocycles. The third-order valence-corrected chi connectivity index (χ3v) is 2.92. The summed E-state index contributed by atoms with van der Waals surface area (Å²) in [6, 6.07) is 0. The number of carbonyl (C=O) groups excluding carboxylic acids is 2. The van der Waals surface area contributed by atoms with Gasteiger partial charge in [0.25, 0.3) is 0 Å². The van der Waals surface area contributed by atoms with Gasteiger partial charge in [0.05, 0.1) is 6.61 Å². The number of nitrogens with zero attached hydrogens (tertiary/aromatic N) is 2. The van der Waals surface area contributed by atoms with Crippen molar-refractivity contribution in [3.8, 4) is 0 Å². The molecule has 1 unspecified atom stereocenters. The smallest absolute Gasteiger partial charge is 0.409 e. The predicted molar refractivity (Wildman–Crippen MR) is 69.7 cm³/mol. The highest BCUT2D eigenvalue weighted by Gasteiger charge is 2.26. The van der Waals surface area contributed by atoms with Gasteiger partial charge in [0, 0.05) is 26.2 Å². The number of ether oxygens (including phenoxy) is 1. The van der Waals surface area contributed by atoms with Crippen LogP contribution in [-0.4, -0.2) is 60.0 Å². The van der Waals surface area contributed by atoms with Gasteiger partial charge >= 0.3 is 6.09 Å². The van der Waals surface area contributed by atoms with Gasteiger partial charge in [-0.15, -0.1) is 11.6 Å². The van der Waals surface area contributed by atoms with E-state index in [0.29, 0.717) is 38.7 Å². The van der Waals surface area contributed by atoms with E-state index in [0.717, 1.165) is 0 Å². The number of halogens is 1. The first-order chi connectivity index (χ1) is 8.41. The molecule has 0 N–H and O–H groups in total. The minimum atomic E-state index is -0.510. The van der Waals surface area contributed by atoms with E-state index < -0.39 is 5.38 Å². The van der Waals surface area contributed by atoms with Crippen LogP contribution in [0.3, 0.4) is 0 Å². The number of rotatable bonds is 3. The minimum Gasteiger partial charge on any atom is -0.449 e. The van der Waals surface area contributed by atoms with E-state index in [1.54, 1.807) is 16.7 Å². The fourth-order valence-electron chi connectivity index (χ4n) is 1.69. The summed E-state index contributed by atoms with van der Waals surface area (Å²) in [4.78, 5) is 26.7. The molecular formula is C12H21ClN2O3. The molecule has 0 aromatic rings. The molecule has 0 bridgehead atoms. The third-order valence-electron chi connectivity index (χ3n) is 2.73. The van der Waals surface area contributed by atoms with E-state index in [9.17, 15) is 9.59 Å². The molecule has 1 aliphatic rings. The van der Waals surface area contributed by atoms with Crippen LogP contribution in [-0.2, 0) is 9.53 Å². The van der Waals surface area contributed by atoms with Gasteiger partial charge < -0.3 is 14.5 Å². The molecule has 1 heterocycles. The molecule has 1 rings (SSSR count). The van der Waals surface area contributed by atoms with Gasteiger partial charge in [-0.1, -0.05) is 13.8 Å². The van der Waals surface area contributed by atoms with Crippen molar-refractivity contribution in [2.24, 2.45) is 5.92 Å².